The summed E-state index contributed by atoms with van der Waals surface area (Å²) in [5.74, 6) is 0.782. The first-order valence-corrected chi connectivity index (χ1v) is 7.65. The summed E-state index contributed by atoms with van der Waals surface area (Å²) in [5, 5.41) is 14.1. The van der Waals surface area contributed by atoms with E-state index < -0.39 is 0 Å². The number of fused-ring (bicyclic) bond motifs is 1. The van der Waals surface area contributed by atoms with E-state index in [1.807, 2.05) is 34.8 Å². The van der Waals surface area contributed by atoms with E-state index in [0.717, 1.165) is 34.2 Å². The van der Waals surface area contributed by atoms with Gasteiger partial charge in [0.2, 0.25) is 4.96 Å². The van der Waals surface area contributed by atoms with Crippen LogP contribution in [0, 0.1) is 0 Å². The summed E-state index contributed by atoms with van der Waals surface area (Å²) >= 11 is 1.56. The largest absolute Gasteiger partial charge is 0.319 e. The summed E-state index contributed by atoms with van der Waals surface area (Å²) < 4.78 is 1.82. The first-order valence-electron chi connectivity index (χ1n) is 6.83. The van der Waals surface area contributed by atoms with E-state index in [9.17, 15) is 0 Å². The third-order valence-corrected chi connectivity index (χ3v) is 5.06. The Kier molecular flexibility index (Phi) is 2.61. The minimum absolute atomic E-state index is 0.265. The molecule has 2 heterocycles. The molecule has 0 spiro atoms. The highest BCUT2D eigenvalue weighted by Gasteiger charge is 2.35. The summed E-state index contributed by atoms with van der Waals surface area (Å²) in [6.45, 7) is 0. The monoisotopic (exact) mass is 285 g/mol. The molecule has 0 bridgehead atoms. The summed E-state index contributed by atoms with van der Waals surface area (Å²) in [4.78, 5) is 0.815. The molecule has 1 fully saturated rings. The zero-order valence-corrected chi connectivity index (χ0v) is 11.8. The molecule has 0 unspecified atom stereocenters. The zero-order valence-electron chi connectivity index (χ0n) is 11.0. The van der Waals surface area contributed by atoms with E-state index in [4.69, 9.17) is 5.73 Å². The molecule has 0 aliphatic heterocycles. The molecule has 4 rings (SSSR count). The number of hydrogen-bond acceptors (Lipinski definition) is 5. The van der Waals surface area contributed by atoms with Crippen molar-refractivity contribution >= 4 is 16.3 Å². The smallest absolute Gasteiger partial charge is 0.235 e. The summed E-state index contributed by atoms with van der Waals surface area (Å²) in [6, 6.07) is 10.0. The molecular formula is C14H15N5S. The second-order valence-corrected chi connectivity index (χ2v) is 6.31. The predicted octanol–water partition coefficient (Wildman–Crippen LogP) is 2.58. The Balaban J connectivity index is 1.83. The van der Waals surface area contributed by atoms with Gasteiger partial charge in [0.1, 0.15) is 5.01 Å². The molecule has 1 aliphatic rings. The van der Waals surface area contributed by atoms with Crippen LogP contribution in [-0.2, 0) is 5.54 Å². The molecule has 0 radical (unpaired) electrons. The molecule has 0 atom stereocenters. The summed E-state index contributed by atoms with van der Waals surface area (Å²) in [7, 11) is 0. The van der Waals surface area contributed by atoms with Crippen molar-refractivity contribution in [2.45, 2.75) is 31.2 Å². The summed E-state index contributed by atoms with van der Waals surface area (Å²) in [6.07, 6.45) is 4.39. The fourth-order valence-electron chi connectivity index (χ4n) is 2.81. The number of rotatable bonds is 2. The van der Waals surface area contributed by atoms with Gasteiger partial charge in [-0.3, -0.25) is 0 Å². The van der Waals surface area contributed by atoms with Gasteiger partial charge in [-0.1, -0.05) is 54.5 Å². The average molecular weight is 285 g/mol. The van der Waals surface area contributed by atoms with Gasteiger partial charge in [-0.05, 0) is 12.8 Å². The molecule has 0 saturated heterocycles. The Morgan fingerprint density at radius 2 is 1.85 bits per heavy atom. The lowest BCUT2D eigenvalue weighted by molar-refractivity contribution is 0.453. The number of hydrogen-bond donors (Lipinski definition) is 1. The van der Waals surface area contributed by atoms with Gasteiger partial charge in [0.15, 0.2) is 5.82 Å². The van der Waals surface area contributed by atoms with Crippen LogP contribution in [-0.4, -0.2) is 19.8 Å². The lowest BCUT2D eigenvalue weighted by Gasteiger charge is -2.19. The Morgan fingerprint density at radius 3 is 2.60 bits per heavy atom. The fraction of sp³-hybridized carbons (Fsp3) is 0.357. The van der Waals surface area contributed by atoms with Gasteiger partial charge >= 0.3 is 0 Å². The first-order chi connectivity index (χ1) is 9.76. The normalized spacial score (nSPS) is 17.9. The van der Waals surface area contributed by atoms with Crippen molar-refractivity contribution < 1.29 is 0 Å². The highest BCUT2D eigenvalue weighted by Crippen LogP contribution is 2.38. The molecule has 3 aromatic rings. The van der Waals surface area contributed by atoms with Crippen molar-refractivity contribution in [1.82, 2.24) is 19.8 Å². The molecule has 5 nitrogen and oxygen atoms in total. The lowest BCUT2D eigenvalue weighted by atomic mass is 10.0. The van der Waals surface area contributed by atoms with Crippen LogP contribution in [0.3, 0.4) is 0 Å². The van der Waals surface area contributed by atoms with Gasteiger partial charge in [-0.25, -0.2) is 0 Å². The number of nitrogens with zero attached hydrogens (tertiary/aromatic N) is 4. The number of benzene rings is 1. The molecule has 1 aromatic carbocycles. The zero-order chi connectivity index (χ0) is 13.6. The maximum atomic E-state index is 6.48. The lowest BCUT2D eigenvalue weighted by Crippen LogP contribution is -2.33. The van der Waals surface area contributed by atoms with Crippen molar-refractivity contribution in [1.29, 1.82) is 0 Å². The molecule has 1 saturated carbocycles. The van der Waals surface area contributed by atoms with E-state index >= 15 is 0 Å². The molecule has 20 heavy (non-hydrogen) atoms. The van der Waals surface area contributed by atoms with Crippen molar-refractivity contribution in [3.8, 4) is 11.4 Å². The molecule has 2 N–H and O–H groups in total. The van der Waals surface area contributed by atoms with Gasteiger partial charge in [-0.2, -0.15) is 9.61 Å². The number of aromatic nitrogens is 4. The van der Waals surface area contributed by atoms with E-state index in [1.165, 1.54) is 12.8 Å². The van der Waals surface area contributed by atoms with Crippen molar-refractivity contribution in [2.24, 2.45) is 5.73 Å². The second kappa shape index (κ2) is 4.36. The van der Waals surface area contributed by atoms with Crippen LogP contribution < -0.4 is 5.73 Å². The Hall–Kier alpha value is -1.79. The van der Waals surface area contributed by atoms with Crippen molar-refractivity contribution in [2.75, 3.05) is 0 Å². The van der Waals surface area contributed by atoms with E-state index in [1.54, 1.807) is 11.3 Å². The molecule has 102 valence electrons. The Labute approximate surface area is 120 Å². The third-order valence-electron chi connectivity index (χ3n) is 3.94. The second-order valence-electron chi connectivity index (χ2n) is 5.35. The molecule has 6 heteroatoms. The molecule has 1 aliphatic carbocycles. The quantitative estimate of drug-likeness (QED) is 0.785. The SMILES string of the molecule is NC1(c2nn3c(-c4ccccc4)nnc3s2)CCCC1. The maximum Gasteiger partial charge on any atom is 0.235 e. The predicted molar refractivity (Wildman–Crippen MR) is 78.4 cm³/mol. The average Bonchev–Trinajstić information content (AvgIpc) is 3.14. The van der Waals surface area contributed by atoms with Crippen molar-refractivity contribution in [3.05, 3.63) is 35.3 Å². The third kappa shape index (κ3) is 1.76. The van der Waals surface area contributed by atoms with Gasteiger partial charge in [0, 0.05) is 5.56 Å². The number of nitrogens with two attached hydrogens (primary N) is 1. The minimum atomic E-state index is -0.265. The van der Waals surface area contributed by atoms with Crippen LogP contribution in [0.1, 0.15) is 30.7 Å². The first kappa shape index (κ1) is 12.0. The maximum absolute atomic E-state index is 6.48. The van der Waals surface area contributed by atoms with Crippen LogP contribution >= 0.6 is 11.3 Å². The minimum Gasteiger partial charge on any atom is -0.319 e. The van der Waals surface area contributed by atoms with Gasteiger partial charge in [0.05, 0.1) is 5.54 Å². The standard InChI is InChI=1S/C14H15N5S/c15-14(8-4-5-9-14)12-18-19-11(16-17-13(19)20-12)10-6-2-1-3-7-10/h1-3,6-7H,4-5,8-9,15H2. The van der Waals surface area contributed by atoms with Crippen LogP contribution in [0.15, 0.2) is 30.3 Å². The highest BCUT2D eigenvalue weighted by atomic mass is 32.1. The Morgan fingerprint density at radius 1 is 1.10 bits per heavy atom. The molecule has 0 amide bonds. The Bertz CT molecular complexity index is 739. The fourth-order valence-corrected chi connectivity index (χ4v) is 3.80. The van der Waals surface area contributed by atoms with Crippen LogP contribution in [0.25, 0.3) is 16.3 Å². The van der Waals surface area contributed by atoms with Crippen molar-refractivity contribution in [3.63, 3.8) is 0 Å². The van der Waals surface area contributed by atoms with Gasteiger partial charge in [0.25, 0.3) is 0 Å². The van der Waals surface area contributed by atoms with Gasteiger partial charge < -0.3 is 5.73 Å². The molecule has 2 aromatic heterocycles. The van der Waals surface area contributed by atoms with Crippen LogP contribution in [0.2, 0.25) is 0 Å². The van der Waals surface area contributed by atoms with Crippen LogP contribution in [0.4, 0.5) is 0 Å². The van der Waals surface area contributed by atoms with E-state index in [0.29, 0.717) is 0 Å². The van der Waals surface area contributed by atoms with Gasteiger partial charge in [-0.15, -0.1) is 10.2 Å². The molecular weight excluding hydrogens is 270 g/mol. The highest BCUT2D eigenvalue weighted by molar-refractivity contribution is 7.16. The summed E-state index contributed by atoms with van der Waals surface area (Å²) in [5.41, 5.74) is 7.24. The van der Waals surface area contributed by atoms with Crippen LogP contribution in [0.5, 0.6) is 0 Å². The van der Waals surface area contributed by atoms with E-state index in [-0.39, 0.29) is 5.54 Å². The topological polar surface area (TPSA) is 69.1 Å². The van der Waals surface area contributed by atoms with E-state index in [2.05, 4.69) is 15.3 Å².